The van der Waals surface area contributed by atoms with E-state index in [4.69, 9.17) is 0 Å². The molecule has 1 fully saturated rings. The molecule has 1 aliphatic rings. The van der Waals surface area contributed by atoms with Gasteiger partial charge in [-0.05, 0) is 37.3 Å². The molecule has 0 radical (unpaired) electrons. The quantitative estimate of drug-likeness (QED) is 0.822. The fourth-order valence-electron chi connectivity index (χ4n) is 3.15. The van der Waals surface area contributed by atoms with Crippen LogP contribution >= 0.6 is 0 Å². The first kappa shape index (κ1) is 19.9. The lowest BCUT2D eigenvalue weighted by Gasteiger charge is -2.25. The number of rotatable bonds is 5. The molecule has 0 unspecified atom stereocenters. The first-order valence-electron chi connectivity index (χ1n) is 9.07. The number of hydrogen-bond donors (Lipinski definition) is 1. The predicted octanol–water partition coefficient (Wildman–Crippen LogP) is 2.62. The minimum atomic E-state index is -1.16. The number of amides is 4. The molecule has 0 saturated carbocycles. The molecular formula is C20H29N3O3. The zero-order chi connectivity index (χ0) is 19.7. The molecule has 4 amide bonds. The molecule has 0 aliphatic carbocycles. The normalized spacial score (nSPS) is 20.3. The first-order chi connectivity index (χ1) is 12.0. The minimum Gasteiger partial charge on any atom is -0.342 e. The third-order valence-corrected chi connectivity index (χ3v) is 5.01. The lowest BCUT2D eigenvalue weighted by Crippen LogP contribution is -2.44. The van der Waals surface area contributed by atoms with Crippen molar-refractivity contribution >= 4 is 17.8 Å². The Hall–Kier alpha value is -2.37. The monoisotopic (exact) mass is 359 g/mol. The second kappa shape index (κ2) is 7.09. The highest BCUT2D eigenvalue weighted by Crippen LogP contribution is 2.31. The molecule has 0 spiro atoms. The van der Waals surface area contributed by atoms with E-state index in [2.05, 4.69) is 26.1 Å². The summed E-state index contributed by atoms with van der Waals surface area (Å²) < 4.78 is 0. The first-order valence-corrected chi connectivity index (χ1v) is 9.07. The van der Waals surface area contributed by atoms with E-state index in [-0.39, 0.29) is 17.9 Å². The van der Waals surface area contributed by atoms with Crippen molar-refractivity contribution in [1.82, 2.24) is 15.1 Å². The predicted molar refractivity (Wildman–Crippen MR) is 101 cm³/mol. The Morgan fingerprint density at radius 3 is 2.12 bits per heavy atom. The number of benzene rings is 1. The van der Waals surface area contributed by atoms with Gasteiger partial charge in [0, 0.05) is 13.1 Å². The number of nitrogens with one attached hydrogen (secondary N) is 1. The smallest absolute Gasteiger partial charge is 0.325 e. The van der Waals surface area contributed by atoms with Crippen LogP contribution in [0.1, 0.15) is 52.7 Å². The highest BCUT2D eigenvalue weighted by molar-refractivity contribution is 6.09. The SMILES string of the molecule is CCN(CC)C(=O)CN1C(=O)N[C@](C)(c2ccc(C(C)(C)C)cc2)C1=O. The Labute approximate surface area is 155 Å². The number of carbonyl (C=O) groups excluding carboxylic acids is 3. The van der Waals surface area contributed by atoms with Crippen molar-refractivity contribution in [3.63, 3.8) is 0 Å². The Kier molecular flexibility index (Phi) is 5.44. The summed E-state index contributed by atoms with van der Waals surface area (Å²) in [7, 11) is 0. The van der Waals surface area contributed by atoms with Crippen LogP contribution in [0.5, 0.6) is 0 Å². The van der Waals surface area contributed by atoms with Crippen LogP contribution in [-0.4, -0.2) is 47.3 Å². The topological polar surface area (TPSA) is 69.7 Å². The van der Waals surface area contributed by atoms with Crippen molar-refractivity contribution in [2.24, 2.45) is 0 Å². The summed E-state index contributed by atoms with van der Waals surface area (Å²) in [6.07, 6.45) is 0. The van der Waals surface area contributed by atoms with E-state index in [9.17, 15) is 14.4 Å². The van der Waals surface area contributed by atoms with Crippen LogP contribution in [-0.2, 0) is 20.5 Å². The van der Waals surface area contributed by atoms with Crippen LogP contribution in [0.4, 0.5) is 4.79 Å². The van der Waals surface area contributed by atoms with E-state index in [1.165, 1.54) is 0 Å². The Balaban J connectivity index is 2.24. The molecule has 1 saturated heterocycles. The van der Waals surface area contributed by atoms with Crippen LogP contribution in [0.3, 0.4) is 0 Å². The van der Waals surface area contributed by atoms with Gasteiger partial charge in [0.05, 0.1) is 0 Å². The molecule has 6 nitrogen and oxygen atoms in total. The molecule has 1 aliphatic heterocycles. The van der Waals surface area contributed by atoms with Crippen molar-refractivity contribution in [3.8, 4) is 0 Å². The van der Waals surface area contributed by atoms with E-state index in [1.54, 1.807) is 11.8 Å². The summed E-state index contributed by atoms with van der Waals surface area (Å²) >= 11 is 0. The van der Waals surface area contributed by atoms with Crippen molar-refractivity contribution in [2.75, 3.05) is 19.6 Å². The zero-order valence-electron chi connectivity index (χ0n) is 16.5. The number of likely N-dealkylation sites (N-methyl/N-ethyl adjacent to an activating group) is 1. The summed E-state index contributed by atoms with van der Waals surface area (Å²) in [6.45, 7) is 12.6. The highest BCUT2D eigenvalue weighted by atomic mass is 16.2. The van der Waals surface area contributed by atoms with Crippen molar-refractivity contribution in [3.05, 3.63) is 35.4 Å². The molecular weight excluding hydrogens is 330 g/mol. The zero-order valence-corrected chi connectivity index (χ0v) is 16.5. The van der Waals surface area contributed by atoms with Gasteiger partial charge in [0.25, 0.3) is 5.91 Å². The maximum atomic E-state index is 12.9. The van der Waals surface area contributed by atoms with E-state index in [0.717, 1.165) is 10.5 Å². The van der Waals surface area contributed by atoms with E-state index in [1.807, 2.05) is 38.1 Å². The molecule has 1 atom stereocenters. The van der Waals surface area contributed by atoms with Crippen LogP contribution in [0.25, 0.3) is 0 Å². The van der Waals surface area contributed by atoms with Crippen LogP contribution in [0.2, 0.25) is 0 Å². The lowest BCUT2D eigenvalue weighted by atomic mass is 9.84. The molecule has 0 aromatic heterocycles. The number of hydrogen-bond acceptors (Lipinski definition) is 3. The maximum Gasteiger partial charge on any atom is 0.325 e. The summed E-state index contributed by atoms with van der Waals surface area (Å²) in [5.41, 5.74) is 0.707. The fourth-order valence-corrected chi connectivity index (χ4v) is 3.15. The Morgan fingerprint density at radius 1 is 1.12 bits per heavy atom. The number of urea groups is 1. The van der Waals surface area contributed by atoms with Gasteiger partial charge in [-0.1, -0.05) is 45.0 Å². The van der Waals surface area contributed by atoms with Gasteiger partial charge in [0.15, 0.2) is 0 Å². The number of imide groups is 1. The van der Waals surface area contributed by atoms with E-state index < -0.39 is 17.5 Å². The van der Waals surface area contributed by atoms with Crippen molar-refractivity contribution < 1.29 is 14.4 Å². The van der Waals surface area contributed by atoms with Gasteiger partial charge >= 0.3 is 6.03 Å². The molecule has 2 rings (SSSR count). The number of carbonyl (C=O) groups is 3. The molecule has 0 bridgehead atoms. The molecule has 1 N–H and O–H groups in total. The molecule has 26 heavy (non-hydrogen) atoms. The average molecular weight is 359 g/mol. The molecule has 1 aromatic rings. The van der Waals surface area contributed by atoms with Gasteiger partial charge in [-0.15, -0.1) is 0 Å². The Morgan fingerprint density at radius 2 is 1.65 bits per heavy atom. The summed E-state index contributed by atoms with van der Waals surface area (Å²) in [6, 6.07) is 7.16. The van der Waals surface area contributed by atoms with Gasteiger partial charge in [-0.2, -0.15) is 0 Å². The van der Waals surface area contributed by atoms with Gasteiger partial charge in [0.1, 0.15) is 12.1 Å². The van der Waals surface area contributed by atoms with Gasteiger partial charge in [0.2, 0.25) is 5.91 Å². The highest BCUT2D eigenvalue weighted by Gasteiger charge is 2.49. The van der Waals surface area contributed by atoms with Crippen molar-refractivity contribution in [1.29, 1.82) is 0 Å². The van der Waals surface area contributed by atoms with Crippen LogP contribution < -0.4 is 5.32 Å². The summed E-state index contributed by atoms with van der Waals surface area (Å²) in [5.74, 6) is -0.627. The largest absolute Gasteiger partial charge is 0.342 e. The fraction of sp³-hybridized carbons (Fsp3) is 0.550. The molecule has 142 valence electrons. The standard InChI is InChI=1S/C20H29N3O3/c1-7-22(8-2)16(24)13-23-17(25)20(6,21-18(23)26)15-11-9-14(10-12-15)19(3,4)5/h9-12H,7-8,13H2,1-6H3,(H,21,26)/t20-/m1/s1. The van der Waals surface area contributed by atoms with E-state index in [0.29, 0.717) is 18.7 Å². The summed E-state index contributed by atoms with van der Waals surface area (Å²) in [4.78, 5) is 40.2. The second-order valence-corrected chi connectivity index (χ2v) is 7.84. The van der Waals surface area contributed by atoms with Gasteiger partial charge in [-0.25, -0.2) is 4.79 Å². The van der Waals surface area contributed by atoms with Crippen LogP contribution in [0, 0.1) is 0 Å². The molecule has 1 aromatic carbocycles. The number of nitrogens with zero attached hydrogens (tertiary/aromatic N) is 2. The third-order valence-electron chi connectivity index (χ3n) is 5.01. The Bertz CT molecular complexity index is 702. The minimum absolute atomic E-state index is 0.00455. The van der Waals surface area contributed by atoms with Gasteiger partial charge in [-0.3, -0.25) is 14.5 Å². The van der Waals surface area contributed by atoms with Crippen LogP contribution in [0.15, 0.2) is 24.3 Å². The maximum absolute atomic E-state index is 12.9. The molecule has 1 heterocycles. The third kappa shape index (κ3) is 3.59. The lowest BCUT2D eigenvalue weighted by molar-refractivity contribution is -0.138. The summed E-state index contributed by atoms with van der Waals surface area (Å²) in [5, 5.41) is 2.75. The van der Waals surface area contributed by atoms with E-state index >= 15 is 0 Å². The second-order valence-electron chi connectivity index (χ2n) is 7.84. The van der Waals surface area contributed by atoms with Crippen molar-refractivity contribution in [2.45, 2.75) is 52.5 Å². The average Bonchev–Trinajstić information content (AvgIpc) is 2.79. The van der Waals surface area contributed by atoms with Gasteiger partial charge < -0.3 is 10.2 Å². The molecule has 6 heteroatoms.